The highest BCUT2D eigenvalue weighted by atomic mass is 16.3. The largest absolute Gasteiger partial charge is 0.465 e. The second kappa shape index (κ2) is 6.42. The van der Waals surface area contributed by atoms with Crippen LogP contribution in [0.2, 0.25) is 0 Å². The fourth-order valence-corrected chi connectivity index (χ4v) is 3.74. The Labute approximate surface area is 158 Å². The van der Waals surface area contributed by atoms with Crippen molar-refractivity contribution in [1.82, 2.24) is 19.8 Å². The van der Waals surface area contributed by atoms with Crippen LogP contribution in [0.25, 0.3) is 11.0 Å². The lowest BCUT2D eigenvalue weighted by atomic mass is 10.1. The molecule has 2 aliphatic heterocycles. The molecule has 2 aliphatic rings. The first-order valence-corrected chi connectivity index (χ1v) is 9.52. The number of aromatic nitrogens is 2. The molecule has 0 bridgehead atoms. The number of hydrogen-bond donors (Lipinski definition) is 1. The lowest BCUT2D eigenvalue weighted by Crippen LogP contribution is -2.57. The topological polar surface area (TPSA) is 61.8 Å². The van der Waals surface area contributed by atoms with Crippen molar-refractivity contribution in [3.05, 3.63) is 48.4 Å². The van der Waals surface area contributed by atoms with Crippen LogP contribution in [-0.4, -0.2) is 40.3 Å². The molecule has 1 aromatic carbocycles. The summed E-state index contributed by atoms with van der Waals surface area (Å²) in [6, 6.07) is 12.1. The predicted octanol–water partition coefficient (Wildman–Crippen LogP) is 3.22. The minimum absolute atomic E-state index is 0.153. The zero-order valence-electron chi connectivity index (χ0n) is 15.7. The van der Waals surface area contributed by atoms with Crippen LogP contribution in [0.3, 0.4) is 0 Å². The van der Waals surface area contributed by atoms with Crippen molar-refractivity contribution >= 4 is 22.9 Å². The maximum absolute atomic E-state index is 5.72. The highest BCUT2D eigenvalue weighted by molar-refractivity contribution is 5.98. The number of hydrogen-bond acceptors (Lipinski definition) is 6. The lowest BCUT2D eigenvalue weighted by molar-refractivity contribution is 0.254. The number of rotatable bonds is 4. The number of guanidine groups is 1. The molecule has 0 radical (unpaired) electrons. The van der Waals surface area contributed by atoms with Gasteiger partial charge in [-0.15, -0.1) is 0 Å². The van der Waals surface area contributed by atoms with Gasteiger partial charge in [0.1, 0.15) is 5.76 Å². The number of para-hydroxylation sites is 2. The third-order valence-corrected chi connectivity index (χ3v) is 5.20. The van der Waals surface area contributed by atoms with E-state index in [1.54, 1.807) is 6.26 Å². The van der Waals surface area contributed by atoms with Crippen LogP contribution in [0.15, 0.2) is 52.1 Å². The Morgan fingerprint density at radius 3 is 2.93 bits per heavy atom. The first kappa shape index (κ1) is 16.4. The average Bonchev–Trinajstić information content (AvgIpc) is 3.34. The molecule has 3 aromatic rings. The van der Waals surface area contributed by atoms with E-state index in [0.717, 1.165) is 48.3 Å². The molecule has 5 rings (SSSR count). The molecular formula is C20H24N6O. The van der Waals surface area contributed by atoms with Crippen LogP contribution in [0.5, 0.6) is 0 Å². The number of furan rings is 1. The van der Waals surface area contributed by atoms with Crippen LogP contribution < -0.4 is 10.2 Å². The molecular weight excluding hydrogens is 340 g/mol. The zero-order chi connectivity index (χ0) is 18.4. The zero-order valence-corrected chi connectivity index (χ0v) is 15.7. The molecule has 27 heavy (non-hydrogen) atoms. The van der Waals surface area contributed by atoms with Gasteiger partial charge in [-0.05, 0) is 36.6 Å². The van der Waals surface area contributed by atoms with Gasteiger partial charge in [-0.3, -0.25) is 14.4 Å². The van der Waals surface area contributed by atoms with E-state index >= 15 is 0 Å². The summed E-state index contributed by atoms with van der Waals surface area (Å²) >= 11 is 0. The van der Waals surface area contributed by atoms with Crippen molar-refractivity contribution in [2.75, 3.05) is 24.8 Å². The SMILES string of the molecule is CC(C)CCN1CN=C2NC(c3ccco3)n3c(nc4ccccc43)N2C1. The molecule has 7 nitrogen and oxygen atoms in total. The number of anilines is 1. The van der Waals surface area contributed by atoms with Gasteiger partial charge in [0, 0.05) is 6.54 Å². The Balaban J connectivity index is 1.57. The lowest BCUT2D eigenvalue weighted by Gasteiger charge is -2.41. The normalized spacial score (nSPS) is 19.7. The van der Waals surface area contributed by atoms with Crippen LogP contribution in [0, 0.1) is 5.92 Å². The Morgan fingerprint density at radius 1 is 1.22 bits per heavy atom. The molecule has 1 atom stereocenters. The van der Waals surface area contributed by atoms with Gasteiger partial charge in [0.2, 0.25) is 11.9 Å². The van der Waals surface area contributed by atoms with Gasteiger partial charge in [0.05, 0.1) is 30.6 Å². The van der Waals surface area contributed by atoms with Crippen LogP contribution >= 0.6 is 0 Å². The first-order chi connectivity index (χ1) is 13.2. The minimum atomic E-state index is -0.153. The monoisotopic (exact) mass is 364 g/mol. The Bertz CT molecular complexity index is 974. The number of fused-ring (bicyclic) bond motifs is 5. The molecule has 0 saturated heterocycles. The molecule has 140 valence electrons. The fourth-order valence-electron chi connectivity index (χ4n) is 3.74. The maximum atomic E-state index is 5.72. The summed E-state index contributed by atoms with van der Waals surface area (Å²) in [6.07, 6.45) is 2.72. The van der Waals surface area contributed by atoms with E-state index in [9.17, 15) is 0 Å². The molecule has 2 aromatic heterocycles. The number of nitrogens with zero attached hydrogens (tertiary/aromatic N) is 5. The second-order valence-electron chi connectivity index (χ2n) is 7.60. The molecule has 0 amide bonds. The number of imidazole rings is 1. The summed E-state index contributed by atoms with van der Waals surface area (Å²) < 4.78 is 7.93. The van der Waals surface area contributed by atoms with Gasteiger partial charge in [-0.1, -0.05) is 26.0 Å². The highest BCUT2D eigenvalue weighted by Gasteiger charge is 2.36. The van der Waals surface area contributed by atoms with E-state index < -0.39 is 0 Å². The van der Waals surface area contributed by atoms with E-state index in [2.05, 4.69) is 45.7 Å². The molecule has 1 N–H and O–H groups in total. The number of aliphatic imine (C=N–C) groups is 1. The smallest absolute Gasteiger partial charge is 0.216 e. The number of benzene rings is 1. The van der Waals surface area contributed by atoms with E-state index in [-0.39, 0.29) is 6.17 Å². The summed E-state index contributed by atoms with van der Waals surface area (Å²) in [7, 11) is 0. The Kier molecular flexibility index (Phi) is 3.89. The van der Waals surface area contributed by atoms with E-state index in [1.165, 1.54) is 0 Å². The van der Waals surface area contributed by atoms with Crippen LogP contribution in [0.1, 0.15) is 32.2 Å². The number of nitrogens with one attached hydrogen (secondary N) is 1. The summed E-state index contributed by atoms with van der Waals surface area (Å²) in [5.41, 5.74) is 2.06. The summed E-state index contributed by atoms with van der Waals surface area (Å²) in [6.45, 7) is 7.04. The third kappa shape index (κ3) is 2.78. The Morgan fingerprint density at radius 2 is 2.11 bits per heavy atom. The van der Waals surface area contributed by atoms with Gasteiger partial charge in [-0.25, -0.2) is 9.98 Å². The summed E-state index contributed by atoms with van der Waals surface area (Å²) in [5.74, 6) is 3.30. The molecule has 7 heteroatoms. The molecule has 0 saturated carbocycles. The second-order valence-corrected chi connectivity index (χ2v) is 7.60. The van der Waals surface area contributed by atoms with Crippen molar-refractivity contribution < 1.29 is 4.42 Å². The minimum Gasteiger partial charge on any atom is -0.465 e. The van der Waals surface area contributed by atoms with Gasteiger partial charge in [-0.2, -0.15) is 0 Å². The van der Waals surface area contributed by atoms with Crippen LogP contribution in [0.4, 0.5) is 5.95 Å². The van der Waals surface area contributed by atoms with Crippen molar-refractivity contribution in [3.8, 4) is 0 Å². The summed E-state index contributed by atoms with van der Waals surface area (Å²) in [4.78, 5) is 14.3. The fraction of sp³-hybridized carbons (Fsp3) is 0.400. The van der Waals surface area contributed by atoms with Crippen molar-refractivity contribution in [1.29, 1.82) is 0 Å². The van der Waals surface area contributed by atoms with Crippen molar-refractivity contribution in [2.45, 2.75) is 26.4 Å². The maximum Gasteiger partial charge on any atom is 0.216 e. The van der Waals surface area contributed by atoms with Gasteiger partial charge in [0.25, 0.3) is 0 Å². The van der Waals surface area contributed by atoms with E-state index in [4.69, 9.17) is 14.4 Å². The van der Waals surface area contributed by atoms with Crippen molar-refractivity contribution in [2.24, 2.45) is 10.9 Å². The molecule has 0 fully saturated rings. The standard InChI is InChI=1S/C20H24N6O/c1-14(2)9-10-24-12-21-19-23-18(17-8-5-11-27-17)26-16-7-4-3-6-15(16)22-20(26)25(19)13-24/h3-8,11,14,18H,9-10,12-13H2,1-2H3,(H,21,23). The molecule has 4 heterocycles. The Hall–Kier alpha value is -2.80. The summed E-state index contributed by atoms with van der Waals surface area (Å²) in [5, 5.41) is 3.56. The predicted molar refractivity (Wildman–Crippen MR) is 106 cm³/mol. The van der Waals surface area contributed by atoms with Crippen LogP contribution in [-0.2, 0) is 0 Å². The molecule has 0 spiro atoms. The first-order valence-electron chi connectivity index (χ1n) is 9.52. The molecule has 1 unspecified atom stereocenters. The average molecular weight is 364 g/mol. The molecule has 0 aliphatic carbocycles. The van der Waals surface area contributed by atoms with Crippen molar-refractivity contribution in [3.63, 3.8) is 0 Å². The van der Waals surface area contributed by atoms with Gasteiger partial charge >= 0.3 is 0 Å². The van der Waals surface area contributed by atoms with Gasteiger partial charge < -0.3 is 9.73 Å². The van der Waals surface area contributed by atoms with Gasteiger partial charge in [0.15, 0.2) is 6.17 Å². The van der Waals surface area contributed by atoms with E-state index in [0.29, 0.717) is 12.6 Å². The van der Waals surface area contributed by atoms with E-state index in [1.807, 2.05) is 24.3 Å². The highest BCUT2D eigenvalue weighted by Crippen LogP contribution is 2.33. The third-order valence-electron chi connectivity index (χ3n) is 5.20. The quantitative estimate of drug-likeness (QED) is 0.770.